The number of benzene rings is 4. The molecule has 0 aromatic heterocycles. The van der Waals surface area contributed by atoms with E-state index in [1.54, 1.807) is 11.0 Å². The lowest BCUT2D eigenvalue weighted by molar-refractivity contribution is -0.143. The number of nitrogens with one attached hydrogen (secondary N) is 1. The van der Waals surface area contributed by atoms with Gasteiger partial charge in [0.15, 0.2) is 6.61 Å². The van der Waals surface area contributed by atoms with Gasteiger partial charge in [0.25, 0.3) is 5.91 Å². The molecule has 0 heterocycles. The van der Waals surface area contributed by atoms with E-state index in [9.17, 15) is 9.59 Å². The normalized spacial score (nSPS) is 12.1. The Morgan fingerprint density at radius 2 is 1.62 bits per heavy atom. The number of carbonyl (C=O) groups excluding carboxylic acids is 2. The van der Waals surface area contributed by atoms with Gasteiger partial charge in [-0.05, 0) is 76.8 Å². The van der Waals surface area contributed by atoms with Crippen LogP contribution in [0.2, 0.25) is 5.02 Å². The Hall–Kier alpha value is -3.35. The monoisotopic (exact) mass is 606 g/mol. The summed E-state index contributed by atoms with van der Waals surface area (Å²) in [5.41, 5.74) is 1.31. The van der Waals surface area contributed by atoms with Crippen molar-refractivity contribution in [2.24, 2.45) is 0 Å². The molecule has 0 saturated carbocycles. The SMILES string of the molecule is CC(C)(C)NC(=O)[C@H](Cc1ccccc1)N(Cc1cccc(Cl)c1)C(=O)COc1ccc2ccccc2c1Br. The predicted molar refractivity (Wildman–Crippen MR) is 161 cm³/mol. The third kappa shape index (κ3) is 7.84. The number of rotatable bonds is 9. The van der Waals surface area contributed by atoms with Crippen LogP contribution in [0.3, 0.4) is 0 Å². The van der Waals surface area contributed by atoms with Gasteiger partial charge >= 0.3 is 0 Å². The minimum Gasteiger partial charge on any atom is -0.483 e. The highest BCUT2D eigenvalue weighted by atomic mass is 79.9. The third-order valence-electron chi connectivity index (χ3n) is 6.19. The van der Waals surface area contributed by atoms with E-state index in [0.29, 0.717) is 17.2 Å². The number of nitrogens with zero attached hydrogens (tertiary/aromatic N) is 1. The molecule has 0 aliphatic rings. The highest BCUT2D eigenvalue weighted by Gasteiger charge is 2.32. The predicted octanol–water partition coefficient (Wildman–Crippen LogP) is 7.19. The first-order valence-corrected chi connectivity index (χ1v) is 14.0. The Labute approximate surface area is 243 Å². The molecule has 202 valence electrons. The summed E-state index contributed by atoms with van der Waals surface area (Å²) in [5.74, 6) is 0.0251. The Morgan fingerprint density at radius 3 is 2.33 bits per heavy atom. The lowest BCUT2D eigenvalue weighted by atomic mass is 10.0. The molecule has 1 atom stereocenters. The summed E-state index contributed by atoms with van der Waals surface area (Å²) in [6.07, 6.45) is 0.356. The molecule has 0 aliphatic heterocycles. The first kappa shape index (κ1) is 28.7. The van der Waals surface area contributed by atoms with Crippen LogP contribution in [0.25, 0.3) is 10.8 Å². The summed E-state index contributed by atoms with van der Waals surface area (Å²) >= 11 is 9.89. The molecule has 4 rings (SSSR count). The molecule has 1 N–H and O–H groups in total. The maximum Gasteiger partial charge on any atom is 0.261 e. The van der Waals surface area contributed by atoms with E-state index in [1.807, 2.05) is 106 Å². The van der Waals surface area contributed by atoms with E-state index in [2.05, 4.69) is 21.2 Å². The highest BCUT2D eigenvalue weighted by molar-refractivity contribution is 9.10. The molecule has 0 bridgehead atoms. The Balaban J connectivity index is 1.66. The van der Waals surface area contributed by atoms with Crippen LogP contribution in [0, 0.1) is 0 Å². The molecule has 0 radical (unpaired) electrons. The first-order chi connectivity index (χ1) is 18.6. The van der Waals surface area contributed by atoms with Gasteiger partial charge in [0.1, 0.15) is 11.8 Å². The average Bonchev–Trinajstić information content (AvgIpc) is 2.90. The van der Waals surface area contributed by atoms with Crippen molar-refractivity contribution in [1.29, 1.82) is 0 Å². The van der Waals surface area contributed by atoms with E-state index >= 15 is 0 Å². The number of amides is 2. The standard InChI is InChI=1S/C32H32BrClN2O3/c1-32(2,3)35-31(38)27(19-22-10-5-4-6-11-22)36(20-23-12-9-14-25(34)18-23)29(37)21-39-28-17-16-24-13-7-8-15-26(24)30(28)33/h4-18,27H,19-21H2,1-3H3,(H,35,38)/t27-/m0/s1. The number of hydrogen-bond acceptors (Lipinski definition) is 3. The van der Waals surface area contributed by atoms with Crippen molar-refractivity contribution in [3.8, 4) is 5.75 Å². The van der Waals surface area contributed by atoms with E-state index in [0.717, 1.165) is 26.4 Å². The van der Waals surface area contributed by atoms with Crippen LogP contribution >= 0.6 is 27.5 Å². The van der Waals surface area contributed by atoms with Crippen molar-refractivity contribution >= 4 is 50.1 Å². The molecule has 2 amide bonds. The number of fused-ring (bicyclic) bond motifs is 1. The zero-order chi connectivity index (χ0) is 28.0. The van der Waals surface area contributed by atoms with Gasteiger partial charge in [-0.15, -0.1) is 0 Å². The van der Waals surface area contributed by atoms with Crippen molar-refractivity contribution in [2.45, 2.75) is 45.3 Å². The van der Waals surface area contributed by atoms with Gasteiger partial charge in [0.2, 0.25) is 5.91 Å². The number of carbonyl (C=O) groups is 2. The quantitative estimate of drug-likeness (QED) is 0.219. The zero-order valence-electron chi connectivity index (χ0n) is 22.3. The Kier molecular flexibility index (Phi) is 9.31. The summed E-state index contributed by atoms with van der Waals surface area (Å²) < 4.78 is 6.81. The fraction of sp³-hybridized carbons (Fsp3) is 0.250. The molecule has 4 aromatic rings. The minimum absolute atomic E-state index is 0.205. The van der Waals surface area contributed by atoms with Crippen molar-refractivity contribution in [2.75, 3.05) is 6.61 Å². The van der Waals surface area contributed by atoms with E-state index < -0.39 is 11.6 Å². The Bertz CT molecular complexity index is 1450. The maximum absolute atomic E-state index is 13.9. The van der Waals surface area contributed by atoms with Gasteiger partial charge in [-0.1, -0.05) is 84.4 Å². The zero-order valence-corrected chi connectivity index (χ0v) is 24.6. The summed E-state index contributed by atoms with van der Waals surface area (Å²) in [6, 6.07) is 28.0. The van der Waals surface area contributed by atoms with Gasteiger partial charge < -0.3 is 15.0 Å². The fourth-order valence-corrected chi connectivity index (χ4v) is 5.21. The topological polar surface area (TPSA) is 58.6 Å². The number of hydrogen-bond donors (Lipinski definition) is 1. The van der Waals surface area contributed by atoms with Crippen molar-refractivity contribution in [3.63, 3.8) is 0 Å². The largest absolute Gasteiger partial charge is 0.483 e. The second-order valence-electron chi connectivity index (χ2n) is 10.5. The lowest BCUT2D eigenvalue weighted by Gasteiger charge is -2.33. The van der Waals surface area contributed by atoms with Gasteiger partial charge in [0, 0.05) is 23.5 Å². The van der Waals surface area contributed by atoms with Crippen LogP contribution in [-0.2, 0) is 22.6 Å². The third-order valence-corrected chi connectivity index (χ3v) is 7.24. The summed E-state index contributed by atoms with van der Waals surface area (Å²) in [7, 11) is 0. The molecule has 7 heteroatoms. The van der Waals surface area contributed by atoms with Crippen LogP contribution in [-0.4, -0.2) is 34.9 Å². The summed E-state index contributed by atoms with van der Waals surface area (Å²) in [4.78, 5) is 29.1. The smallest absolute Gasteiger partial charge is 0.261 e. The molecule has 4 aromatic carbocycles. The van der Waals surface area contributed by atoms with Gasteiger partial charge in [-0.3, -0.25) is 9.59 Å². The molecule has 0 aliphatic carbocycles. The molecule has 0 spiro atoms. The van der Waals surface area contributed by atoms with Crippen molar-refractivity contribution < 1.29 is 14.3 Å². The molecule has 5 nitrogen and oxygen atoms in total. The number of ether oxygens (including phenoxy) is 1. The molecule has 0 unspecified atom stereocenters. The van der Waals surface area contributed by atoms with Crippen LogP contribution in [0.1, 0.15) is 31.9 Å². The fourth-order valence-electron chi connectivity index (χ4n) is 4.39. The average molecular weight is 608 g/mol. The summed E-state index contributed by atoms with van der Waals surface area (Å²) in [5, 5.41) is 5.69. The molecule has 0 fully saturated rings. The van der Waals surface area contributed by atoms with E-state index in [4.69, 9.17) is 16.3 Å². The van der Waals surface area contributed by atoms with Crippen LogP contribution in [0.15, 0.2) is 95.5 Å². The highest BCUT2D eigenvalue weighted by Crippen LogP contribution is 2.33. The second-order valence-corrected chi connectivity index (χ2v) is 11.7. The number of halogens is 2. The molecular weight excluding hydrogens is 576 g/mol. The van der Waals surface area contributed by atoms with E-state index in [-0.39, 0.29) is 25.0 Å². The Morgan fingerprint density at radius 1 is 0.923 bits per heavy atom. The maximum atomic E-state index is 13.9. The van der Waals surface area contributed by atoms with Crippen molar-refractivity contribution in [3.05, 3.63) is 112 Å². The molecule has 39 heavy (non-hydrogen) atoms. The second kappa shape index (κ2) is 12.7. The van der Waals surface area contributed by atoms with Crippen LogP contribution in [0.4, 0.5) is 0 Å². The lowest BCUT2D eigenvalue weighted by Crippen LogP contribution is -2.55. The van der Waals surface area contributed by atoms with Gasteiger partial charge in [-0.25, -0.2) is 0 Å². The van der Waals surface area contributed by atoms with Gasteiger partial charge in [0.05, 0.1) is 4.47 Å². The van der Waals surface area contributed by atoms with Gasteiger partial charge in [-0.2, -0.15) is 0 Å². The molecular formula is C32H32BrClN2O3. The van der Waals surface area contributed by atoms with E-state index in [1.165, 1.54) is 0 Å². The first-order valence-electron chi connectivity index (χ1n) is 12.8. The van der Waals surface area contributed by atoms with Crippen LogP contribution < -0.4 is 10.1 Å². The summed E-state index contributed by atoms with van der Waals surface area (Å²) in [6.45, 7) is 5.75. The minimum atomic E-state index is -0.762. The van der Waals surface area contributed by atoms with Crippen molar-refractivity contribution in [1.82, 2.24) is 10.2 Å². The van der Waals surface area contributed by atoms with Crippen LogP contribution in [0.5, 0.6) is 5.75 Å². The molecule has 0 saturated heterocycles.